The quantitative estimate of drug-likeness (QED) is 0.800. The van der Waals surface area contributed by atoms with E-state index in [1.807, 2.05) is 0 Å². The Balaban J connectivity index is 1.89. The lowest BCUT2D eigenvalue weighted by molar-refractivity contribution is 0.187. The summed E-state index contributed by atoms with van der Waals surface area (Å²) in [5.41, 5.74) is 0.774. The van der Waals surface area contributed by atoms with Gasteiger partial charge in [-0.1, -0.05) is 11.3 Å². The number of nitrogens with zero attached hydrogens (tertiary/aromatic N) is 2. The molecule has 1 aliphatic rings. The predicted octanol–water partition coefficient (Wildman–Crippen LogP) is 2.09. The lowest BCUT2D eigenvalue weighted by Gasteiger charge is -2.26. The fraction of sp³-hybridized carbons (Fsp3) is 0.375. The molecule has 2 aromatic rings. The number of ether oxygens (including phenoxy) is 3. The van der Waals surface area contributed by atoms with Gasteiger partial charge in [0.1, 0.15) is 16.4 Å². The average Bonchev–Trinajstić information content (AvgIpc) is 3.08. The number of sulfonamides is 1. The van der Waals surface area contributed by atoms with Crippen LogP contribution in [-0.2, 0) is 27.7 Å². The van der Waals surface area contributed by atoms with Crippen molar-refractivity contribution in [3.63, 3.8) is 0 Å². The van der Waals surface area contributed by atoms with Crippen molar-refractivity contribution < 1.29 is 27.4 Å². The summed E-state index contributed by atoms with van der Waals surface area (Å²) in [7, 11) is 0.350. The number of fused-ring (bicyclic) bond motifs is 1. The Morgan fingerprint density at radius 2 is 2.04 bits per heavy atom. The number of aromatic nitrogens is 1. The Morgan fingerprint density at radius 1 is 1.26 bits per heavy atom. The summed E-state index contributed by atoms with van der Waals surface area (Å²) in [4.78, 5) is 16.5. The van der Waals surface area contributed by atoms with E-state index in [4.69, 9.17) is 9.47 Å². The maximum absolute atomic E-state index is 13.2. The molecule has 3 rings (SSSR count). The van der Waals surface area contributed by atoms with Crippen LogP contribution in [0, 0.1) is 0 Å². The molecule has 0 saturated carbocycles. The van der Waals surface area contributed by atoms with Crippen molar-refractivity contribution in [3.05, 3.63) is 28.8 Å². The van der Waals surface area contributed by atoms with Crippen molar-refractivity contribution in [1.29, 1.82) is 0 Å². The number of carbonyl (C=O) groups excluding carboxylic acids is 1. The van der Waals surface area contributed by atoms with E-state index < -0.39 is 16.1 Å². The molecule has 0 radical (unpaired) electrons. The zero-order valence-corrected chi connectivity index (χ0v) is 16.6. The van der Waals surface area contributed by atoms with E-state index in [2.05, 4.69) is 15.0 Å². The first-order valence-corrected chi connectivity index (χ1v) is 10.2. The third-order valence-electron chi connectivity index (χ3n) is 4.08. The van der Waals surface area contributed by atoms with Crippen LogP contribution in [-0.4, -0.2) is 51.7 Å². The Bertz CT molecular complexity index is 957. The molecule has 0 bridgehead atoms. The molecular formula is C16H19N3O6S2. The summed E-state index contributed by atoms with van der Waals surface area (Å²) >= 11 is 1.23. The topological polar surface area (TPSA) is 107 Å². The molecule has 1 N–H and O–H groups in total. The van der Waals surface area contributed by atoms with E-state index >= 15 is 0 Å². The number of benzene rings is 1. The maximum Gasteiger partial charge on any atom is 0.413 e. The molecular weight excluding hydrogens is 394 g/mol. The minimum atomic E-state index is -3.80. The number of carbonyl (C=O) groups is 1. The van der Waals surface area contributed by atoms with E-state index in [0.717, 1.165) is 10.6 Å². The highest BCUT2D eigenvalue weighted by atomic mass is 32.2. The van der Waals surface area contributed by atoms with Crippen molar-refractivity contribution in [3.8, 4) is 11.5 Å². The van der Waals surface area contributed by atoms with Crippen molar-refractivity contribution in [1.82, 2.24) is 9.29 Å². The highest BCUT2D eigenvalue weighted by Gasteiger charge is 2.33. The van der Waals surface area contributed by atoms with E-state index in [9.17, 15) is 13.2 Å². The average molecular weight is 413 g/mol. The minimum absolute atomic E-state index is 0.0465. The van der Waals surface area contributed by atoms with Gasteiger partial charge in [0.05, 0.1) is 33.6 Å². The van der Waals surface area contributed by atoms with Gasteiger partial charge >= 0.3 is 6.09 Å². The molecule has 0 atom stereocenters. The number of anilines is 1. The van der Waals surface area contributed by atoms with Gasteiger partial charge in [0.15, 0.2) is 5.13 Å². The first-order chi connectivity index (χ1) is 12.9. The van der Waals surface area contributed by atoms with Gasteiger partial charge in [-0.2, -0.15) is 4.31 Å². The lowest BCUT2D eigenvalue weighted by Crippen LogP contribution is -2.35. The van der Waals surface area contributed by atoms with Crippen LogP contribution in [0.3, 0.4) is 0 Å². The van der Waals surface area contributed by atoms with Crippen LogP contribution in [0.15, 0.2) is 23.1 Å². The molecule has 1 aliphatic heterocycles. The zero-order chi connectivity index (χ0) is 19.6. The second kappa shape index (κ2) is 7.71. The van der Waals surface area contributed by atoms with Gasteiger partial charge in [0, 0.05) is 23.9 Å². The summed E-state index contributed by atoms with van der Waals surface area (Å²) in [5, 5.41) is 2.89. The molecule has 0 spiro atoms. The van der Waals surface area contributed by atoms with E-state index in [-0.39, 0.29) is 23.7 Å². The predicted molar refractivity (Wildman–Crippen MR) is 99.0 cm³/mol. The Hall–Kier alpha value is -2.37. The fourth-order valence-corrected chi connectivity index (χ4v) is 5.36. The molecule has 9 nitrogen and oxygen atoms in total. The molecule has 0 saturated heterocycles. The van der Waals surface area contributed by atoms with Crippen molar-refractivity contribution in [2.45, 2.75) is 17.9 Å². The van der Waals surface area contributed by atoms with Crippen molar-refractivity contribution >= 4 is 32.6 Å². The molecule has 27 heavy (non-hydrogen) atoms. The molecule has 0 aliphatic carbocycles. The largest absolute Gasteiger partial charge is 0.497 e. The molecule has 146 valence electrons. The first-order valence-electron chi connectivity index (χ1n) is 7.94. The summed E-state index contributed by atoms with van der Waals surface area (Å²) in [5.74, 6) is 0.674. The van der Waals surface area contributed by atoms with Crippen molar-refractivity contribution in [2.75, 3.05) is 33.2 Å². The molecule has 2 heterocycles. The highest BCUT2D eigenvalue weighted by Crippen LogP contribution is 2.35. The van der Waals surface area contributed by atoms with E-state index in [1.165, 1.54) is 43.0 Å². The van der Waals surface area contributed by atoms with Gasteiger partial charge in [0.25, 0.3) is 0 Å². The number of thiazole rings is 1. The van der Waals surface area contributed by atoms with E-state index in [1.54, 1.807) is 12.1 Å². The third-order valence-corrected chi connectivity index (χ3v) is 6.94. The SMILES string of the molecule is COC(=O)Nc1nc2c(s1)CN(S(=O)(=O)c1cc(OC)ccc1OC)CC2. The number of hydrogen-bond donors (Lipinski definition) is 1. The monoisotopic (exact) mass is 413 g/mol. The van der Waals surface area contributed by atoms with Gasteiger partial charge in [-0.05, 0) is 12.1 Å². The fourth-order valence-electron chi connectivity index (χ4n) is 2.69. The van der Waals surface area contributed by atoms with Crippen LogP contribution in [0.5, 0.6) is 11.5 Å². The molecule has 11 heteroatoms. The summed E-state index contributed by atoms with van der Waals surface area (Å²) in [6, 6.07) is 4.65. The van der Waals surface area contributed by atoms with Gasteiger partial charge in [0.2, 0.25) is 10.0 Å². The number of methoxy groups -OCH3 is 3. The normalized spacial score (nSPS) is 14.3. The number of hydrogen-bond acceptors (Lipinski definition) is 8. The van der Waals surface area contributed by atoms with Crippen LogP contribution >= 0.6 is 11.3 Å². The Morgan fingerprint density at radius 3 is 2.70 bits per heavy atom. The molecule has 1 aromatic heterocycles. The van der Waals surface area contributed by atoms with Gasteiger partial charge in [-0.25, -0.2) is 18.2 Å². The lowest BCUT2D eigenvalue weighted by atomic mass is 10.2. The summed E-state index contributed by atoms with van der Waals surface area (Å²) in [6.45, 7) is 0.440. The summed E-state index contributed by atoms with van der Waals surface area (Å²) in [6.07, 6.45) is -0.174. The third kappa shape index (κ3) is 3.84. The number of amides is 1. The van der Waals surface area contributed by atoms with Crippen LogP contribution in [0.25, 0.3) is 0 Å². The second-order valence-corrected chi connectivity index (χ2v) is 8.60. The van der Waals surface area contributed by atoms with Gasteiger partial charge in [-0.3, -0.25) is 5.32 Å². The Labute approximate surface area is 160 Å². The molecule has 0 fully saturated rings. The van der Waals surface area contributed by atoms with Crippen LogP contribution in [0.1, 0.15) is 10.6 Å². The highest BCUT2D eigenvalue weighted by molar-refractivity contribution is 7.89. The smallest absolute Gasteiger partial charge is 0.413 e. The zero-order valence-electron chi connectivity index (χ0n) is 15.0. The maximum atomic E-state index is 13.2. The van der Waals surface area contributed by atoms with Crippen LogP contribution in [0.4, 0.5) is 9.93 Å². The van der Waals surface area contributed by atoms with Gasteiger partial charge < -0.3 is 14.2 Å². The van der Waals surface area contributed by atoms with Crippen molar-refractivity contribution in [2.24, 2.45) is 0 Å². The second-order valence-electron chi connectivity index (χ2n) is 5.61. The Kier molecular flexibility index (Phi) is 5.53. The van der Waals surface area contributed by atoms with Gasteiger partial charge in [-0.15, -0.1) is 0 Å². The molecule has 1 amide bonds. The molecule has 0 unspecified atom stereocenters. The minimum Gasteiger partial charge on any atom is -0.497 e. The van der Waals surface area contributed by atoms with Crippen LogP contribution < -0.4 is 14.8 Å². The van der Waals surface area contributed by atoms with E-state index in [0.29, 0.717) is 17.3 Å². The number of rotatable bonds is 5. The standard InChI is InChI=1S/C16H19N3O6S2/c1-23-10-4-5-12(24-2)14(8-10)27(21,22)19-7-6-11-13(9-19)26-15(17-11)18-16(20)25-3/h4-5,8H,6-7,9H2,1-3H3,(H,17,18,20). The summed E-state index contributed by atoms with van der Waals surface area (Å²) < 4.78 is 42.6. The molecule has 1 aromatic carbocycles. The van der Waals surface area contributed by atoms with Crippen LogP contribution in [0.2, 0.25) is 0 Å². The first kappa shape index (κ1) is 19.4. The number of nitrogens with one attached hydrogen (secondary N) is 1.